The molecule has 1 aromatic heterocycles. The smallest absolute Gasteiger partial charge is 0.351 e. The number of phosphoric ester groups is 2. The summed E-state index contributed by atoms with van der Waals surface area (Å²) in [5, 5.41) is 4.08. The van der Waals surface area contributed by atoms with Crippen LogP contribution < -0.4 is 25.7 Å². The molecule has 1 saturated heterocycles. The number of benzene rings is 4. The van der Waals surface area contributed by atoms with Gasteiger partial charge in [-0.05, 0) is 52.7 Å². The van der Waals surface area contributed by atoms with Gasteiger partial charge in [-0.25, -0.2) is 18.2 Å². The van der Waals surface area contributed by atoms with Crippen molar-refractivity contribution in [2.24, 2.45) is 0 Å². The Balaban J connectivity index is 1.10. The van der Waals surface area contributed by atoms with Gasteiger partial charge in [0.25, 0.3) is 29.4 Å². The van der Waals surface area contributed by atoms with Gasteiger partial charge in [-0.15, -0.1) is 0 Å². The summed E-state index contributed by atoms with van der Waals surface area (Å²) in [5.41, 5.74) is -0.141. The number of amides is 1. The number of rotatable bonds is 15. The maximum atomic E-state index is 13.0. The molecule has 0 spiro atoms. The van der Waals surface area contributed by atoms with Gasteiger partial charge in [-0.1, -0.05) is 72.8 Å². The number of carbonyl (C=O) groups is 2. The number of carbonyl (C=O) groups excluding carboxylic acids is 2. The van der Waals surface area contributed by atoms with E-state index in [2.05, 4.69) is 23.4 Å². The Labute approximate surface area is 312 Å². The minimum absolute atomic E-state index is 0.0875. The molecule has 6 rings (SSSR count). The van der Waals surface area contributed by atoms with Crippen LogP contribution in [-0.4, -0.2) is 40.2 Å². The zero-order valence-electron chi connectivity index (χ0n) is 28.2. The van der Waals surface area contributed by atoms with Gasteiger partial charge >= 0.3 is 11.7 Å². The quantitative estimate of drug-likeness (QED) is 0.116. The molecule has 2 heterocycles. The fourth-order valence-corrected chi connectivity index (χ4v) is 8.72. The number of esters is 1. The van der Waals surface area contributed by atoms with Crippen LogP contribution in [0.15, 0.2) is 120 Å². The van der Waals surface area contributed by atoms with E-state index >= 15 is 0 Å². The first-order valence-corrected chi connectivity index (χ1v) is 20.5. The topological polar surface area (TPSA) is 257 Å². The summed E-state index contributed by atoms with van der Waals surface area (Å²) in [6, 6.07) is 29.1. The molecular formula is C34H29N3O15P3-3. The van der Waals surface area contributed by atoms with Crippen LogP contribution in [0.2, 0.25) is 0 Å². The van der Waals surface area contributed by atoms with E-state index in [4.69, 9.17) is 14.0 Å². The summed E-state index contributed by atoms with van der Waals surface area (Å²) < 4.78 is 66.8. The molecule has 4 aromatic carbocycles. The molecule has 0 aliphatic carbocycles. The predicted molar refractivity (Wildman–Crippen MR) is 187 cm³/mol. The highest BCUT2D eigenvalue weighted by molar-refractivity contribution is 7.65. The molecule has 5 aromatic rings. The second kappa shape index (κ2) is 17.0. The monoisotopic (exact) mass is 812 g/mol. The van der Waals surface area contributed by atoms with E-state index in [9.17, 15) is 42.8 Å². The highest BCUT2D eigenvalue weighted by atomic mass is 31.3. The highest BCUT2D eigenvalue weighted by Gasteiger charge is 2.41. The molecule has 0 radical (unpaired) electrons. The first kappa shape index (κ1) is 40.0. The van der Waals surface area contributed by atoms with Gasteiger partial charge in [0.2, 0.25) is 0 Å². The normalized spacial score (nSPS) is 20.2. The zero-order chi connectivity index (χ0) is 39.2. The molecule has 55 heavy (non-hydrogen) atoms. The van der Waals surface area contributed by atoms with Crippen LogP contribution in [0.1, 0.15) is 38.9 Å². The second-order valence-corrected chi connectivity index (χ2v) is 16.3. The minimum atomic E-state index is -6.20. The van der Waals surface area contributed by atoms with E-state index in [1.54, 1.807) is 78.9 Å². The maximum absolute atomic E-state index is 13.0. The van der Waals surface area contributed by atoms with Gasteiger partial charge in [0.15, 0.2) is 0 Å². The van der Waals surface area contributed by atoms with E-state index < -0.39 is 72.7 Å². The van der Waals surface area contributed by atoms with Gasteiger partial charge in [0.05, 0.1) is 18.8 Å². The lowest BCUT2D eigenvalue weighted by Crippen LogP contribution is -2.32. The van der Waals surface area contributed by atoms with Crippen molar-refractivity contribution < 1.29 is 65.1 Å². The average Bonchev–Trinajstić information content (AvgIpc) is 3.54. The fraction of sp³-hybridized carbons (Fsp3) is 0.176. The number of phosphoric acid groups is 3. The number of hydrogen-bond donors (Lipinski definition) is 1. The zero-order valence-corrected chi connectivity index (χ0v) is 30.9. The maximum Gasteiger partial charge on any atom is 0.351 e. The van der Waals surface area contributed by atoms with Gasteiger partial charge in [0, 0.05) is 18.2 Å². The molecule has 1 N–H and O–H groups in total. The van der Waals surface area contributed by atoms with Gasteiger partial charge in [-0.3, -0.25) is 23.1 Å². The first-order chi connectivity index (χ1) is 26.2. The van der Waals surface area contributed by atoms with Crippen LogP contribution in [-0.2, 0) is 47.4 Å². The van der Waals surface area contributed by atoms with Crippen molar-refractivity contribution in [1.29, 1.82) is 0 Å². The van der Waals surface area contributed by atoms with E-state index in [1.807, 2.05) is 6.07 Å². The first-order valence-electron chi connectivity index (χ1n) is 16.1. The van der Waals surface area contributed by atoms with Crippen molar-refractivity contribution >= 4 is 51.9 Å². The molecule has 18 nitrogen and oxygen atoms in total. The molecule has 1 aliphatic heterocycles. The van der Waals surface area contributed by atoms with Crippen LogP contribution in [0.3, 0.4) is 0 Å². The molecule has 288 valence electrons. The third-order valence-corrected chi connectivity index (χ3v) is 12.0. The molecule has 1 aliphatic rings. The number of hydrogen-bond acceptors (Lipinski definition) is 16. The van der Waals surface area contributed by atoms with Gasteiger partial charge < -0.3 is 38.5 Å². The number of nitrogens with zero attached hydrogens (tertiary/aromatic N) is 2. The summed E-state index contributed by atoms with van der Waals surface area (Å²) in [6.45, 7) is -1.69. The predicted octanol–water partition coefficient (Wildman–Crippen LogP) is 3.83. The summed E-state index contributed by atoms with van der Waals surface area (Å²) in [7, 11) is -17.8. The van der Waals surface area contributed by atoms with Crippen molar-refractivity contribution in [2.75, 3.05) is 11.9 Å². The van der Waals surface area contributed by atoms with Crippen molar-refractivity contribution in [2.45, 2.75) is 31.5 Å². The lowest BCUT2D eigenvalue weighted by molar-refractivity contribution is -0.252. The lowest BCUT2D eigenvalue weighted by Gasteiger charge is -2.34. The second-order valence-electron chi connectivity index (χ2n) is 11.8. The summed E-state index contributed by atoms with van der Waals surface area (Å²) in [4.78, 5) is 79.5. The molecule has 0 saturated carbocycles. The Morgan fingerprint density at radius 3 is 2.07 bits per heavy atom. The summed E-state index contributed by atoms with van der Waals surface area (Å²) in [6.07, 6.45) is -2.99. The van der Waals surface area contributed by atoms with Crippen molar-refractivity contribution in [3.05, 3.63) is 143 Å². The lowest BCUT2D eigenvalue weighted by atomic mass is 10.1. The Bertz CT molecular complexity index is 2380. The van der Waals surface area contributed by atoms with Crippen molar-refractivity contribution in [1.82, 2.24) is 9.55 Å². The van der Waals surface area contributed by atoms with E-state index in [1.165, 1.54) is 30.5 Å². The van der Waals surface area contributed by atoms with E-state index in [-0.39, 0.29) is 17.8 Å². The highest BCUT2D eigenvalue weighted by Crippen LogP contribution is 2.63. The third-order valence-electron chi connectivity index (χ3n) is 7.87. The molecular weight excluding hydrogens is 783 g/mol. The van der Waals surface area contributed by atoms with Crippen LogP contribution in [0.5, 0.6) is 0 Å². The Hall–Kier alpha value is -4.67. The largest absolute Gasteiger partial charge is 0.756 e. The van der Waals surface area contributed by atoms with E-state index in [0.717, 1.165) is 15.3 Å². The number of fused-ring (bicyclic) bond motifs is 1. The molecule has 0 bridgehead atoms. The number of nitrogens with one attached hydrogen (secondary N) is 1. The molecule has 6 atom stereocenters. The summed E-state index contributed by atoms with van der Waals surface area (Å²) in [5.74, 6) is -1.47. The van der Waals surface area contributed by atoms with E-state index in [0.29, 0.717) is 11.1 Å². The Kier molecular flexibility index (Phi) is 12.4. The summed E-state index contributed by atoms with van der Waals surface area (Å²) >= 11 is 0. The van der Waals surface area contributed by atoms with Gasteiger partial charge in [-0.2, -0.15) is 4.98 Å². The standard InChI is InChI=1S/C34H32N3O15P3/c38-32(25-10-3-1-4-11-25)35-30-17-18-37(34(40)36-30)31-20-28(50-33(39)26-12-5-2-6-13-26)29(49-31)22-48-54(43,44)52-55(45,46)51-53(41,42)47-21-23-15-16-24-9-7-8-14-27(24)19-23/h1-19,28-29,31H,20-22H2,(H,41,42)(H,43,44)(H,45,46)(H,35,36,38,40)/p-3/t28?,29-,31-/m1/s1. The Morgan fingerprint density at radius 1 is 0.782 bits per heavy atom. The molecule has 21 heteroatoms. The Morgan fingerprint density at radius 2 is 1.40 bits per heavy atom. The van der Waals surface area contributed by atoms with Gasteiger partial charge in [0.1, 0.15) is 24.3 Å². The molecule has 1 amide bonds. The minimum Gasteiger partial charge on any atom is -0.756 e. The third kappa shape index (κ3) is 11.0. The van der Waals surface area contributed by atoms with Crippen molar-refractivity contribution in [3.63, 3.8) is 0 Å². The fourth-order valence-electron chi connectivity index (χ4n) is 5.36. The number of anilines is 1. The molecule has 4 unspecified atom stereocenters. The molecule has 1 fully saturated rings. The number of aromatic nitrogens is 2. The van der Waals surface area contributed by atoms with Crippen LogP contribution in [0, 0.1) is 0 Å². The van der Waals surface area contributed by atoms with Crippen LogP contribution in [0.4, 0.5) is 5.82 Å². The SMILES string of the molecule is O=C(Nc1ccn([C@H]2CC(OC(=O)c3ccccc3)[C@@H](COP(=O)([O-])OP(=O)([O-])OP(=O)([O-])OCc3ccc4ccccc4c3)O2)c(=O)n1)c1ccccc1. The average molecular weight is 813 g/mol. The van der Waals surface area contributed by atoms with Crippen molar-refractivity contribution in [3.8, 4) is 0 Å². The van der Waals surface area contributed by atoms with Crippen LogP contribution in [0.25, 0.3) is 10.8 Å². The van der Waals surface area contributed by atoms with Crippen LogP contribution >= 0.6 is 23.5 Å². The number of ether oxygens (including phenoxy) is 2.